The quantitative estimate of drug-likeness (QED) is 0.892. The van der Waals surface area contributed by atoms with E-state index in [1.807, 2.05) is 18.2 Å². The molecule has 2 rings (SSSR count). The molecule has 1 heterocycles. The highest BCUT2D eigenvalue weighted by atomic mass is 35.5. The first-order valence-electron chi connectivity index (χ1n) is 5.45. The standard InChI is InChI=1S/C13H13Cl2NO/c1-2-16-8-10-4-6-13(17-10)9-3-5-11(14)12(15)7-9/h3-7,16H,2,8H2,1H3. The van der Waals surface area contributed by atoms with E-state index in [4.69, 9.17) is 27.6 Å². The summed E-state index contributed by atoms with van der Waals surface area (Å²) in [6, 6.07) is 9.36. The van der Waals surface area contributed by atoms with Gasteiger partial charge in [-0.05, 0) is 36.9 Å². The van der Waals surface area contributed by atoms with E-state index in [1.165, 1.54) is 0 Å². The van der Waals surface area contributed by atoms with Crippen LogP contribution in [0, 0.1) is 0 Å². The second-order valence-corrected chi connectivity index (χ2v) is 4.49. The first kappa shape index (κ1) is 12.5. The number of nitrogens with one attached hydrogen (secondary N) is 1. The molecule has 4 heteroatoms. The van der Waals surface area contributed by atoms with Crippen LogP contribution >= 0.6 is 23.2 Å². The first-order valence-corrected chi connectivity index (χ1v) is 6.21. The molecule has 0 radical (unpaired) electrons. The highest BCUT2D eigenvalue weighted by Crippen LogP contribution is 2.29. The molecule has 0 aliphatic heterocycles. The maximum atomic E-state index is 5.97. The van der Waals surface area contributed by atoms with Crippen LogP contribution in [0.15, 0.2) is 34.7 Å². The Labute approximate surface area is 111 Å². The van der Waals surface area contributed by atoms with Crippen molar-refractivity contribution in [3.8, 4) is 11.3 Å². The molecule has 2 aromatic rings. The van der Waals surface area contributed by atoms with Crippen LogP contribution in [0.3, 0.4) is 0 Å². The van der Waals surface area contributed by atoms with E-state index in [2.05, 4.69) is 12.2 Å². The van der Waals surface area contributed by atoms with E-state index >= 15 is 0 Å². The third kappa shape index (κ3) is 3.03. The molecule has 0 atom stereocenters. The van der Waals surface area contributed by atoms with E-state index in [1.54, 1.807) is 12.1 Å². The zero-order valence-corrected chi connectivity index (χ0v) is 11.0. The van der Waals surface area contributed by atoms with Crippen molar-refractivity contribution in [2.75, 3.05) is 6.54 Å². The van der Waals surface area contributed by atoms with Crippen molar-refractivity contribution in [2.45, 2.75) is 13.5 Å². The summed E-state index contributed by atoms with van der Waals surface area (Å²) in [6.45, 7) is 3.71. The Bertz CT molecular complexity index is 508. The van der Waals surface area contributed by atoms with Gasteiger partial charge in [-0.3, -0.25) is 0 Å². The largest absolute Gasteiger partial charge is 0.460 e. The molecule has 0 amide bonds. The van der Waals surface area contributed by atoms with E-state index < -0.39 is 0 Å². The van der Waals surface area contributed by atoms with Gasteiger partial charge in [0.2, 0.25) is 0 Å². The number of hydrogen-bond donors (Lipinski definition) is 1. The van der Waals surface area contributed by atoms with E-state index in [-0.39, 0.29) is 0 Å². The molecular formula is C13H13Cl2NO. The van der Waals surface area contributed by atoms with Crippen molar-refractivity contribution >= 4 is 23.2 Å². The fraction of sp³-hybridized carbons (Fsp3) is 0.231. The van der Waals surface area contributed by atoms with Gasteiger partial charge in [0.1, 0.15) is 11.5 Å². The zero-order chi connectivity index (χ0) is 12.3. The maximum Gasteiger partial charge on any atom is 0.134 e. The van der Waals surface area contributed by atoms with Gasteiger partial charge < -0.3 is 9.73 Å². The number of halogens is 2. The Morgan fingerprint density at radius 3 is 2.65 bits per heavy atom. The Morgan fingerprint density at radius 1 is 1.12 bits per heavy atom. The minimum atomic E-state index is 0.536. The fourth-order valence-corrected chi connectivity index (χ4v) is 1.82. The van der Waals surface area contributed by atoms with Crippen LogP contribution < -0.4 is 5.32 Å². The third-order valence-corrected chi connectivity index (χ3v) is 3.15. The van der Waals surface area contributed by atoms with Crippen molar-refractivity contribution in [1.29, 1.82) is 0 Å². The van der Waals surface area contributed by atoms with Crippen LogP contribution in [0.1, 0.15) is 12.7 Å². The molecule has 0 fully saturated rings. The van der Waals surface area contributed by atoms with Crippen LogP contribution in [-0.4, -0.2) is 6.54 Å². The summed E-state index contributed by atoms with van der Waals surface area (Å²) >= 11 is 11.8. The lowest BCUT2D eigenvalue weighted by molar-refractivity contribution is 0.498. The van der Waals surface area contributed by atoms with Gasteiger partial charge in [0, 0.05) is 5.56 Å². The second-order valence-electron chi connectivity index (χ2n) is 3.68. The van der Waals surface area contributed by atoms with E-state index in [0.717, 1.165) is 30.2 Å². The summed E-state index contributed by atoms with van der Waals surface area (Å²) in [5, 5.41) is 4.30. The second kappa shape index (κ2) is 5.58. The lowest BCUT2D eigenvalue weighted by atomic mass is 10.2. The zero-order valence-electron chi connectivity index (χ0n) is 9.47. The van der Waals surface area contributed by atoms with Gasteiger partial charge in [-0.25, -0.2) is 0 Å². The van der Waals surface area contributed by atoms with Crippen LogP contribution in [0.25, 0.3) is 11.3 Å². The summed E-state index contributed by atoms with van der Waals surface area (Å²) in [5.74, 6) is 1.71. The predicted molar refractivity (Wildman–Crippen MR) is 71.5 cm³/mol. The highest BCUT2D eigenvalue weighted by Gasteiger charge is 2.06. The third-order valence-electron chi connectivity index (χ3n) is 2.42. The van der Waals surface area contributed by atoms with Crippen LogP contribution in [0.2, 0.25) is 10.0 Å². The number of furan rings is 1. The Hall–Kier alpha value is -0.960. The molecule has 2 nitrogen and oxygen atoms in total. The fourth-order valence-electron chi connectivity index (χ4n) is 1.53. The molecule has 0 spiro atoms. The number of rotatable bonds is 4. The Kier molecular flexibility index (Phi) is 4.11. The molecule has 0 bridgehead atoms. The number of hydrogen-bond acceptors (Lipinski definition) is 2. The van der Waals surface area contributed by atoms with Gasteiger partial charge in [-0.2, -0.15) is 0 Å². The molecule has 0 unspecified atom stereocenters. The Balaban J connectivity index is 2.21. The summed E-state index contributed by atoms with van der Waals surface area (Å²) in [7, 11) is 0. The van der Waals surface area contributed by atoms with E-state index in [0.29, 0.717) is 10.0 Å². The number of benzene rings is 1. The summed E-state index contributed by atoms with van der Waals surface area (Å²) < 4.78 is 5.70. The molecule has 90 valence electrons. The minimum absolute atomic E-state index is 0.536. The van der Waals surface area contributed by atoms with Gasteiger partial charge in [0.15, 0.2) is 0 Å². The SMILES string of the molecule is CCNCc1ccc(-c2ccc(Cl)c(Cl)c2)o1. The molecule has 1 N–H and O–H groups in total. The molecular weight excluding hydrogens is 257 g/mol. The molecule has 0 aliphatic rings. The van der Waals surface area contributed by atoms with Crippen molar-refractivity contribution < 1.29 is 4.42 Å². The molecule has 17 heavy (non-hydrogen) atoms. The van der Waals surface area contributed by atoms with Gasteiger partial charge in [-0.15, -0.1) is 0 Å². The van der Waals surface area contributed by atoms with Crippen molar-refractivity contribution in [2.24, 2.45) is 0 Å². The first-order chi connectivity index (χ1) is 8.20. The van der Waals surface area contributed by atoms with Crippen LogP contribution in [0.4, 0.5) is 0 Å². The molecule has 1 aromatic carbocycles. The smallest absolute Gasteiger partial charge is 0.134 e. The van der Waals surface area contributed by atoms with Crippen LogP contribution in [-0.2, 0) is 6.54 Å². The molecule has 0 saturated heterocycles. The minimum Gasteiger partial charge on any atom is -0.460 e. The average Bonchev–Trinajstić information content (AvgIpc) is 2.79. The molecule has 0 saturated carbocycles. The van der Waals surface area contributed by atoms with Gasteiger partial charge in [0.25, 0.3) is 0 Å². The van der Waals surface area contributed by atoms with Crippen LogP contribution in [0.5, 0.6) is 0 Å². The lowest BCUT2D eigenvalue weighted by Crippen LogP contribution is -2.10. The van der Waals surface area contributed by atoms with Gasteiger partial charge in [-0.1, -0.05) is 30.1 Å². The van der Waals surface area contributed by atoms with Crippen molar-refractivity contribution in [3.63, 3.8) is 0 Å². The highest BCUT2D eigenvalue weighted by molar-refractivity contribution is 6.42. The van der Waals surface area contributed by atoms with E-state index in [9.17, 15) is 0 Å². The normalized spacial score (nSPS) is 10.8. The molecule has 0 aliphatic carbocycles. The average molecular weight is 270 g/mol. The van der Waals surface area contributed by atoms with Gasteiger partial charge in [0.05, 0.1) is 16.6 Å². The van der Waals surface area contributed by atoms with Crippen molar-refractivity contribution in [3.05, 3.63) is 46.1 Å². The molecule has 1 aromatic heterocycles. The topological polar surface area (TPSA) is 25.2 Å². The van der Waals surface area contributed by atoms with Crippen molar-refractivity contribution in [1.82, 2.24) is 5.32 Å². The van der Waals surface area contributed by atoms with Gasteiger partial charge >= 0.3 is 0 Å². The lowest BCUT2D eigenvalue weighted by Gasteiger charge is -2.00. The summed E-state index contributed by atoms with van der Waals surface area (Å²) in [4.78, 5) is 0. The predicted octanol–water partition coefficient (Wildman–Crippen LogP) is 4.36. The summed E-state index contributed by atoms with van der Waals surface area (Å²) in [5.41, 5.74) is 0.933. The maximum absolute atomic E-state index is 5.97. The monoisotopic (exact) mass is 269 g/mol. The Morgan fingerprint density at radius 2 is 1.94 bits per heavy atom. The summed E-state index contributed by atoms with van der Waals surface area (Å²) in [6.07, 6.45) is 0.